The van der Waals surface area contributed by atoms with Crippen LogP contribution in [0.2, 0.25) is 0 Å². The highest BCUT2D eigenvalue weighted by Crippen LogP contribution is 2.64. The number of benzene rings is 10. The van der Waals surface area contributed by atoms with Gasteiger partial charge in [-0.25, -0.2) is 0 Å². The van der Waals surface area contributed by atoms with Gasteiger partial charge in [0.2, 0.25) is 0 Å². The summed E-state index contributed by atoms with van der Waals surface area (Å²) in [6.45, 7) is 0. The Hall–Kier alpha value is -7.48. The predicted octanol–water partition coefficient (Wildman–Crippen LogP) is 14.8. The first-order valence-corrected chi connectivity index (χ1v) is 20.3. The first-order valence-electron chi connectivity index (χ1n) is 20.3. The Morgan fingerprint density at radius 2 is 0.759 bits per heavy atom. The van der Waals surface area contributed by atoms with E-state index in [0.29, 0.717) is 0 Å². The van der Waals surface area contributed by atoms with Crippen LogP contribution in [-0.2, 0) is 5.41 Å². The van der Waals surface area contributed by atoms with E-state index in [4.69, 9.17) is 0 Å². The highest BCUT2D eigenvalue weighted by atomic mass is 15.0. The Morgan fingerprint density at radius 1 is 0.293 bits per heavy atom. The Morgan fingerprint density at radius 3 is 1.41 bits per heavy atom. The summed E-state index contributed by atoms with van der Waals surface area (Å²) in [5.41, 5.74) is 19.0. The van der Waals surface area contributed by atoms with Crippen molar-refractivity contribution in [3.63, 3.8) is 0 Å². The van der Waals surface area contributed by atoms with Gasteiger partial charge in [0, 0.05) is 16.5 Å². The molecule has 0 aliphatic heterocycles. The molecule has 11 aromatic rings. The highest BCUT2D eigenvalue weighted by Gasteiger charge is 2.52. The number of aromatic nitrogens is 1. The summed E-state index contributed by atoms with van der Waals surface area (Å²) >= 11 is 0. The first kappa shape index (κ1) is 31.7. The van der Waals surface area contributed by atoms with Crippen LogP contribution in [-0.4, -0.2) is 4.57 Å². The van der Waals surface area contributed by atoms with Gasteiger partial charge >= 0.3 is 0 Å². The van der Waals surface area contributed by atoms with Crippen LogP contribution >= 0.6 is 0 Å². The number of hydrogen-bond donors (Lipinski definition) is 0. The third-order valence-corrected chi connectivity index (χ3v) is 13.2. The lowest BCUT2D eigenvalue weighted by molar-refractivity contribution is 0.801. The molecule has 1 nitrogen and oxygen atoms in total. The van der Waals surface area contributed by atoms with E-state index in [0.717, 1.165) is 0 Å². The van der Waals surface area contributed by atoms with E-state index >= 15 is 0 Å². The summed E-state index contributed by atoms with van der Waals surface area (Å²) in [4.78, 5) is 0. The fourth-order valence-corrected chi connectivity index (χ4v) is 10.7. The number of nitrogens with zero attached hydrogens (tertiary/aromatic N) is 1. The van der Waals surface area contributed by atoms with Gasteiger partial charge in [0.25, 0.3) is 0 Å². The normalized spacial score (nSPS) is 13.3. The van der Waals surface area contributed by atoms with Crippen molar-refractivity contribution in [3.05, 3.63) is 235 Å². The maximum Gasteiger partial charge on any atom is 0.0731 e. The molecule has 0 fully saturated rings. The summed E-state index contributed by atoms with van der Waals surface area (Å²) in [5, 5.41) is 7.60. The third-order valence-electron chi connectivity index (χ3n) is 13.2. The average molecular weight is 734 g/mol. The Kier molecular flexibility index (Phi) is 6.43. The Labute approximate surface area is 336 Å². The molecule has 268 valence electrons. The molecule has 0 bridgehead atoms. The molecule has 10 aromatic carbocycles. The minimum Gasteiger partial charge on any atom is -0.309 e. The van der Waals surface area contributed by atoms with Crippen LogP contribution in [0.1, 0.15) is 22.3 Å². The topological polar surface area (TPSA) is 4.93 Å². The van der Waals surface area contributed by atoms with Crippen LogP contribution in [0.15, 0.2) is 212 Å². The molecule has 1 heteroatoms. The van der Waals surface area contributed by atoms with E-state index in [1.807, 2.05) is 0 Å². The second kappa shape index (κ2) is 11.8. The zero-order chi connectivity index (χ0) is 38.0. The van der Waals surface area contributed by atoms with Gasteiger partial charge in [0.05, 0.1) is 16.4 Å². The summed E-state index contributed by atoms with van der Waals surface area (Å²) in [6.07, 6.45) is 0. The van der Waals surface area contributed by atoms with Crippen molar-refractivity contribution in [2.75, 3.05) is 0 Å². The van der Waals surface area contributed by atoms with Gasteiger partial charge in [-0.1, -0.05) is 164 Å². The predicted molar refractivity (Wildman–Crippen MR) is 243 cm³/mol. The molecule has 13 rings (SSSR count). The molecule has 1 aromatic heterocycles. The third kappa shape index (κ3) is 4.20. The maximum atomic E-state index is 2.46. The van der Waals surface area contributed by atoms with E-state index < -0.39 is 0 Å². The van der Waals surface area contributed by atoms with Crippen LogP contribution in [0, 0.1) is 0 Å². The Bertz CT molecular complexity index is 3450. The van der Waals surface area contributed by atoms with Crippen LogP contribution in [0.25, 0.3) is 93.5 Å². The van der Waals surface area contributed by atoms with Gasteiger partial charge in [-0.05, 0) is 137 Å². The molecular formula is C57H35N. The zero-order valence-corrected chi connectivity index (χ0v) is 31.7. The fourth-order valence-electron chi connectivity index (χ4n) is 10.7. The molecule has 1 spiro atoms. The van der Waals surface area contributed by atoms with Crippen LogP contribution in [0.4, 0.5) is 0 Å². The summed E-state index contributed by atoms with van der Waals surface area (Å²) in [7, 11) is 0. The van der Waals surface area contributed by atoms with Crippen molar-refractivity contribution < 1.29 is 0 Å². The molecule has 0 unspecified atom stereocenters. The summed E-state index contributed by atoms with van der Waals surface area (Å²) < 4.78 is 2.38. The molecule has 0 radical (unpaired) electrons. The van der Waals surface area contributed by atoms with Crippen molar-refractivity contribution in [3.8, 4) is 50.2 Å². The molecule has 0 atom stereocenters. The van der Waals surface area contributed by atoms with Gasteiger partial charge < -0.3 is 4.57 Å². The van der Waals surface area contributed by atoms with Crippen LogP contribution in [0.5, 0.6) is 0 Å². The van der Waals surface area contributed by atoms with Crippen LogP contribution < -0.4 is 0 Å². The molecule has 0 amide bonds. The second-order valence-corrected chi connectivity index (χ2v) is 16.0. The number of hydrogen-bond acceptors (Lipinski definition) is 0. The lowest BCUT2D eigenvalue weighted by Crippen LogP contribution is -2.26. The van der Waals surface area contributed by atoms with Gasteiger partial charge in [0.15, 0.2) is 0 Å². The second-order valence-electron chi connectivity index (χ2n) is 16.0. The van der Waals surface area contributed by atoms with Gasteiger partial charge in [-0.2, -0.15) is 0 Å². The largest absolute Gasteiger partial charge is 0.309 e. The number of para-hydroxylation sites is 2. The molecule has 2 aliphatic rings. The minimum atomic E-state index is -0.378. The maximum absolute atomic E-state index is 2.46. The highest BCUT2D eigenvalue weighted by molar-refractivity contribution is 6.11. The SMILES string of the molecule is c1ccc(-n2c3ccccc3c3cc(-c4ccc5cc(-c6ccc7ccc8c(c7c6)C6(c7ccccc7-c7ccccc76)c6ccccc6-8)ccc5c4)ccc32)cc1. The molecule has 1 heterocycles. The van der Waals surface area contributed by atoms with E-state index in [9.17, 15) is 0 Å². The van der Waals surface area contributed by atoms with Crippen molar-refractivity contribution in [1.82, 2.24) is 4.57 Å². The van der Waals surface area contributed by atoms with Crippen molar-refractivity contribution in [2.45, 2.75) is 5.41 Å². The van der Waals surface area contributed by atoms with E-state index in [-0.39, 0.29) is 5.41 Å². The molecule has 0 saturated heterocycles. The van der Waals surface area contributed by atoms with E-state index in [1.54, 1.807) is 0 Å². The van der Waals surface area contributed by atoms with Crippen LogP contribution in [0.3, 0.4) is 0 Å². The van der Waals surface area contributed by atoms with Gasteiger partial charge in [0.1, 0.15) is 0 Å². The minimum absolute atomic E-state index is 0.378. The Balaban J connectivity index is 0.942. The average Bonchev–Trinajstić information content (AvgIpc) is 3.90. The van der Waals surface area contributed by atoms with E-state index in [1.165, 1.54) is 116 Å². The molecule has 2 aliphatic carbocycles. The fraction of sp³-hybridized carbons (Fsp3) is 0.0175. The van der Waals surface area contributed by atoms with Gasteiger partial charge in [-0.15, -0.1) is 0 Å². The monoisotopic (exact) mass is 733 g/mol. The smallest absolute Gasteiger partial charge is 0.0731 e. The van der Waals surface area contributed by atoms with E-state index in [2.05, 4.69) is 217 Å². The van der Waals surface area contributed by atoms with Gasteiger partial charge in [-0.3, -0.25) is 0 Å². The van der Waals surface area contributed by atoms with Crippen molar-refractivity contribution >= 4 is 43.4 Å². The standard InChI is InChI=1S/C57H35N/c1-2-12-43(13-3-1)58-54-21-11-7-17-47(54)50-35-42(29-31-55(50)58)40-27-25-37-32-39(26-24-38(37)33-40)41-23-22-36-28-30-48-46-16-6-10-20-53(46)57(56(48)49(36)34-41)51-18-8-4-14-44(51)45-15-5-9-19-52(45)57/h1-35H. The lowest BCUT2D eigenvalue weighted by atomic mass is 9.69. The summed E-state index contributed by atoms with van der Waals surface area (Å²) in [5.74, 6) is 0. The molecule has 58 heavy (non-hydrogen) atoms. The quantitative estimate of drug-likeness (QED) is 0.170. The number of fused-ring (bicyclic) bond motifs is 16. The molecular weight excluding hydrogens is 699 g/mol. The first-order chi connectivity index (χ1) is 28.8. The molecule has 0 N–H and O–H groups in total. The summed E-state index contributed by atoms with van der Waals surface area (Å²) in [6, 6.07) is 79.2. The molecule has 0 saturated carbocycles. The van der Waals surface area contributed by atoms with Crippen molar-refractivity contribution in [2.24, 2.45) is 0 Å². The lowest BCUT2D eigenvalue weighted by Gasteiger charge is -2.31. The number of rotatable bonds is 3. The zero-order valence-electron chi connectivity index (χ0n) is 31.7. The van der Waals surface area contributed by atoms with Crippen molar-refractivity contribution in [1.29, 1.82) is 0 Å².